The van der Waals surface area contributed by atoms with E-state index in [1.807, 2.05) is 0 Å². The minimum Gasteiger partial charge on any atom is -0.243 e. The summed E-state index contributed by atoms with van der Waals surface area (Å²) in [5, 5.41) is 0.705. The van der Waals surface area contributed by atoms with E-state index >= 15 is 0 Å². The van der Waals surface area contributed by atoms with Crippen molar-refractivity contribution in [2.45, 2.75) is 6.18 Å². The van der Waals surface area contributed by atoms with Crippen LogP contribution in [-0.4, -0.2) is 4.98 Å². The first-order valence-electron chi connectivity index (χ1n) is 5.52. The van der Waals surface area contributed by atoms with Gasteiger partial charge in [-0.05, 0) is 23.6 Å². The van der Waals surface area contributed by atoms with Crippen LogP contribution in [-0.2, 0) is 6.18 Å². The third kappa shape index (κ3) is 1.91. The average molecular weight is 265 g/mol. The summed E-state index contributed by atoms with van der Waals surface area (Å²) in [5.41, 5.74) is -0.811. The molecule has 2 aromatic carbocycles. The van der Waals surface area contributed by atoms with Crippen molar-refractivity contribution in [2.75, 3.05) is 0 Å². The van der Waals surface area contributed by atoms with Gasteiger partial charge in [0, 0.05) is 10.8 Å². The van der Waals surface area contributed by atoms with Crippen LogP contribution >= 0.6 is 0 Å². The first kappa shape index (κ1) is 11.9. The fourth-order valence-corrected chi connectivity index (χ4v) is 2.14. The van der Waals surface area contributed by atoms with Gasteiger partial charge >= 0.3 is 6.18 Å². The molecule has 1 aromatic heterocycles. The van der Waals surface area contributed by atoms with Gasteiger partial charge in [-0.15, -0.1) is 0 Å². The minimum atomic E-state index is -4.54. The molecule has 0 spiro atoms. The Morgan fingerprint density at radius 1 is 0.842 bits per heavy atom. The Morgan fingerprint density at radius 3 is 2.21 bits per heavy atom. The number of hydrogen-bond donors (Lipinski definition) is 0. The summed E-state index contributed by atoms with van der Waals surface area (Å²) in [6.45, 7) is 0. The summed E-state index contributed by atoms with van der Waals surface area (Å²) in [6.07, 6.45) is -4.54. The van der Waals surface area contributed by atoms with Crippen molar-refractivity contribution in [1.82, 2.24) is 4.98 Å². The molecule has 0 unspecified atom stereocenters. The molecule has 0 bridgehead atoms. The summed E-state index contributed by atoms with van der Waals surface area (Å²) in [7, 11) is 0. The molecule has 1 heterocycles. The van der Waals surface area contributed by atoms with Gasteiger partial charge in [-0.25, -0.2) is 9.37 Å². The summed E-state index contributed by atoms with van der Waals surface area (Å²) in [5.74, 6) is -0.501. The molecule has 0 aliphatic heterocycles. The van der Waals surface area contributed by atoms with E-state index in [2.05, 4.69) is 4.98 Å². The Bertz CT molecular complexity index is 777. The lowest BCUT2D eigenvalue weighted by Gasteiger charge is -2.11. The maximum atomic E-state index is 13.2. The maximum absolute atomic E-state index is 13.2. The highest BCUT2D eigenvalue weighted by molar-refractivity contribution is 6.06. The summed E-state index contributed by atoms with van der Waals surface area (Å²) < 4.78 is 52.2. The number of pyridine rings is 1. The number of rotatable bonds is 0. The molecule has 3 aromatic rings. The Morgan fingerprint density at radius 2 is 1.53 bits per heavy atom. The number of nitrogens with zero attached hydrogens (tertiary/aromatic N) is 1. The second-order valence-electron chi connectivity index (χ2n) is 4.17. The SMILES string of the molecule is Fc1ccc2nc(C(F)(F)F)c3ccccc3c2c1. The van der Waals surface area contributed by atoms with Gasteiger partial charge in [0.2, 0.25) is 0 Å². The van der Waals surface area contributed by atoms with Crippen LogP contribution in [0, 0.1) is 5.82 Å². The molecule has 0 fully saturated rings. The molecular weight excluding hydrogens is 258 g/mol. The van der Waals surface area contributed by atoms with Crippen LogP contribution < -0.4 is 0 Å². The van der Waals surface area contributed by atoms with Crippen LogP contribution in [0.25, 0.3) is 21.7 Å². The highest BCUT2D eigenvalue weighted by Gasteiger charge is 2.35. The standard InChI is InChI=1S/C14H7F4N/c15-8-5-6-12-11(7-8)9-3-1-2-4-10(9)13(19-12)14(16,17)18/h1-7H. The van der Waals surface area contributed by atoms with E-state index in [9.17, 15) is 17.6 Å². The Hall–Kier alpha value is -2.17. The molecule has 1 nitrogen and oxygen atoms in total. The first-order chi connectivity index (χ1) is 8.97. The fourth-order valence-electron chi connectivity index (χ4n) is 2.14. The topological polar surface area (TPSA) is 12.9 Å². The van der Waals surface area contributed by atoms with E-state index in [-0.39, 0.29) is 10.9 Å². The van der Waals surface area contributed by atoms with Crippen molar-refractivity contribution in [3.63, 3.8) is 0 Å². The van der Waals surface area contributed by atoms with E-state index in [0.717, 1.165) is 6.07 Å². The van der Waals surface area contributed by atoms with Crippen LogP contribution in [0.4, 0.5) is 17.6 Å². The largest absolute Gasteiger partial charge is 0.433 e. The molecule has 96 valence electrons. The molecule has 0 amide bonds. The predicted molar refractivity (Wildman–Crippen MR) is 64.2 cm³/mol. The third-order valence-corrected chi connectivity index (χ3v) is 2.93. The first-order valence-corrected chi connectivity index (χ1v) is 5.52. The average Bonchev–Trinajstić information content (AvgIpc) is 2.37. The maximum Gasteiger partial charge on any atom is 0.433 e. The van der Waals surface area contributed by atoms with Gasteiger partial charge in [0.25, 0.3) is 0 Å². The molecule has 0 saturated carbocycles. The van der Waals surface area contributed by atoms with Crippen molar-refractivity contribution in [2.24, 2.45) is 0 Å². The van der Waals surface area contributed by atoms with Gasteiger partial charge in [-0.1, -0.05) is 24.3 Å². The van der Waals surface area contributed by atoms with Crippen LogP contribution in [0.15, 0.2) is 42.5 Å². The lowest BCUT2D eigenvalue weighted by atomic mass is 10.0. The van der Waals surface area contributed by atoms with E-state index in [1.54, 1.807) is 6.07 Å². The van der Waals surface area contributed by atoms with E-state index in [0.29, 0.717) is 10.8 Å². The normalized spacial score (nSPS) is 12.2. The van der Waals surface area contributed by atoms with Crippen LogP contribution in [0.2, 0.25) is 0 Å². The summed E-state index contributed by atoms with van der Waals surface area (Å²) >= 11 is 0. The van der Waals surface area contributed by atoms with Crippen molar-refractivity contribution in [3.8, 4) is 0 Å². The predicted octanol–water partition coefficient (Wildman–Crippen LogP) is 4.55. The van der Waals surface area contributed by atoms with Crippen molar-refractivity contribution in [1.29, 1.82) is 0 Å². The Kier molecular flexibility index (Phi) is 2.45. The second kappa shape index (κ2) is 3.91. The molecule has 0 N–H and O–H groups in total. The van der Waals surface area contributed by atoms with Gasteiger partial charge < -0.3 is 0 Å². The van der Waals surface area contributed by atoms with Crippen LogP contribution in [0.5, 0.6) is 0 Å². The number of aromatic nitrogens is 1. The summed E-state index contributed by atoms with van der Waals surface area (Å²) in [6, 6.07) is 9.56. The number of fused-ring (bicyclic) bond motifs is 3. The zero-order valence-electron chi connectivity index (χ0n) is 9.50. The fraction of sp³-hybridized carbons (Fsp3) is 0.0714. The molecule has 0 radical (unpaired) electrons. The van der Waals surface area contributed by atoms with E-state index < -0.39 is 17.7 Å². The van der Waals surface area contributed by atoms with Crippen molar-refractivity contribution < 1.29 is 17.6 Å². The molecule has 0 aliphatic carbocycles. The van der Waals surface area contributed by atoms with Gasteiger partial charge in [0.05, 0.1) is 5.52 Å². The third-order valence-electron chi connectivity index (χ3n) is 2.93. The minimum absolute atomic E-state index is 0.0203. The molecule has 19 heavy (non-hydrogen) atoms. The van der Waals surface area contributed by atoms with Crippen molar-refractivity contribution in [3.05, 3.63) is 54.0 Å². The number of halogens is 4. The highest BCUT2D eigenvalue weighted by Crippen LogP contribution is 2.36. The summed E-state index contributed by atoms with van der Waals surface area (Å²) in [4.78, 5) is 3.62. The van der Waals surface area contributed by atoms with E-state index in [1.165, 1.54) is 30.3 Å². The molecule has 0 aliphatic rings. The number of benzene rings is 2. The molecule has 3 rings (SSSR count). The Balaban J connectivity index is 2.54. The number of hydrogen-bond acceptors (Lipinski definition) is 1. The Labute approximate surface area is 105 Å². The van der Waals surface area contributed by atoms with E-state index in [4.69, 9.17) is 0 Å². The smallest absolute Gasteiger partial charge is 0.243 e. The monoisotopic (exact) mass is 265 g/mol. The lowest BCUT2D eigenvalue weighted by Crippen LogP contribution is -2.09. The second-order valence-corrected chi connectivity index (χ2v) is 4.17. The van der Waals surface area contributed by atoms with Crippen LogP contribution in [0.1, 0.15) is 5.69 Å². The number of alkyl halides is 3. The van der Waals surface area contributed by atoms with Gasteiger partial charge in [0.15, 0.2) is 5.69 Å². The zero-order chi connectivity index (χ0) is 13.6. The molecule has 5 heteroatoms. The zero-order valence-corrected chi connectivity index (χ0v) is 9.50. The molecular formula is C14H7F4N. The van der Waals surface area contributed by atoms with Gasteiger partial charge in [-0.3, -0.25) is 0 Å². The van der Waals surface area contributed by atoms with Crippen molar-refractivity contribution >= 4 is 21.7 Å². The lowest BCUT2D eigenvalue weighted by molar-refractivity contribution is -0.139. The molecule has 0 atom stereocenters. The van der Waals surface area contributed by atoms with Gasteiger partial charge in [-0.2, -0.15) is 13.2 Å². The van der Waals surface area contributed by atoms with Gasteiger partial charge in [0.1, 0.15) is 5.82 Å². The molecule has 0 saturated heterocycles. The van der Waals surface area contributed by atoms with Crippen LogP contribution in [0.3, 0.4) is 0 Å². The quantitative estimate of drug-likeness (QED) is 0.429. The highest BCUT2D eigenvalue weighted by atomic mass is 19.4.